The lowest BCUT2D eigenvalue weighted by Gasteiger charge is -1.90. The SMILES string of the molecule is COC(=O)C=CC1=CC(=O)OC1. The summed E-state index contributed by atoms with van der Waals surface area (Å²) in [6.45, 7) is 0.228. The van der Waals surface area contributed by atoms with E-state index in [0.29, 0.717) is 5.57 Å². The second-order valence-electron chi connectivity index (χ2n) is 2.18. The van der Waals surface area contributed by atoms with E-state index >= 15 is 0 Å². The quantitative estimate of drug-likeness (QED) is 0.436. The molecular formula is C8H8O4. The standard InChI is InChI=1S/C8H8O4/c1-11-7(9)3-2-6-4-8(10)12-5-6/h2-4H,5H2,1H3. The Morgan fingerprint density at radius 1 is 1.75 bits per heavy atom. The van der Waals surface area contributed by atoms with Crippen LogP contribution in [0.5, 0.6) is 0 Å². The minimum atomic E-state index is -0.449. The van der Waals surface area contributed by atoms with Crippen LogP contribution in [0.1, 0.15) is 0 Å². The monoisotopic (exact) mass is 168 g/mol. The van der Waals surface area contributed by atoms with Crippen molar-refractivity contribution in [2.75, 3.05) is 13.7 Å². The van der Waals surface area contributed by atoms with Crippen molar-refractivity contribution in [2.45, 2.75) is 0 Å². The van der Waals surface area contributed by atoms with Crippen molar-refractivity contribution in [1.29, 1.82) is 0 Å². The minimum Gasteiger partial charge on any atom is -0.466 e. The van der Waals surface area contributed by atoms with Crippen molar-refractivity contribution < 1.29 is 19.1 Å². The number of hydrogen-bond acceptors (Lipinski definition) is 4. The lowest BCUT2D eigenvalue weighted by atomic mass is 10.2. The maximum Gasteiger partial charge on any atom is 0.331 e. The Hall–Kier alpha value is -1.58. The molecule has 0 aromatic carbocycles. The van der Waals surface area contributed by atoms with Gasteiger partial charge in [0.05, 0.1) is 7.11 Å². The number of carbonyl (C=O) groups excluding carboxylic acids is 2. The van der Waals surface area contributed by atoms with Crippen molar-refractivity contribution >= 4 is 11.9 Å². The third-order valence-electron chi connectivity index (χ3n) is 1.32. The Morgan fingerprint density at radius 2 is 2.50 bits per heavy atom. The summed E-state index contributed by atoms with van der Waals surface area (Å²) in [4.78, 5) is 21.1. The molecule has 0 atom stereocenters. The zero-order valence-corrected chi connectivity index (χ0v) is 6.57. The van der Waals surface area contributed by atoms with Gasteiger partial charge < -0.3 is 9.47 Å². The van der Waals surface area contributed by atoms with Gasteiger partial charge in [-0.25, -0.2) is 9.59 Å². The van der Waals surface area contributed by atoms with Gasteiger partial charge in [-0.1, -0.05) is 0 Å². The molecule has 0 N–H and O–H groups in total. The second kappa shape index (κ2) is 3.71. The summed E-state index contributed by atoms with van der Waals surface area (Å²) in [5, 5.41) is 0. The van der Waals surface area contributed by atoms with Crippen LogP contribution in [0.3, 0.4) is 0 Å². The number of hydrogen-bond donors (Lipinski definition) is 0. The molecule has 1 aliphatic heterocycles. The minimum absolute atomic E-state index is 0.228. The highest BCUT2D eigenvalue weighted by atomic mass is 16.5. The van der Waals surface area contributed by atoms with Gasteiger partial charge in [0.15, 0.2) is 0 Å². The normalized spacial score (nSPS) is 16.1. The van der Waals surface area contributed by atoms with Gasteiger partial charge in [-0.2, -0.15) is 0 Å². The van der Waals surface area contributed by atoms with E-state index in [4.69, 9.17) is 0 Å². The number of carbonyl (C=O) groups is 2. The number of esters is 2. The van der Waals surface area contributed by atoms with Crippen molar-refractivity contribution in [3.05, 3.63) is 23.8 Å². The fraction of sp³-hybridized carbons (Fsp3) is 0.250. The Kier molecular flexibility index (Phi) is 2.63. The van der Waals surface area contributed by atoms with Crippen LogP contribution < -0.4 is 0 Å². The van der Waals surface area contributed by atoms with Gasteiger partial charge >= 0.3 is 11.9 Å². The second-order valence-corrected chi connectivity index (χ2v) is 2.18. The van der Waals surface area contributed by atoms with E-state index in [1.54, 1.807) is 0 Å². The van der Waals surface area contributed by atoms with Crippen LogP contribution >= 0.6 is 0 Å². The third kappa shape index (κ3) is 2.23. The zero-order chi connectivity index (χ0) is 8.97. The summed E-state index contributed by atoms with van der Waals surface area (Å²) in [6.07, 6.45) is 4.07. The molecule has 4 heteroatoms. The van der Waals surface area contributed by atoms with E-state index in [1.807, 2.05) is 0 Å². The van der Waals surface area contributed by atoms with Crippen molar-refractivity contribution in [2.24, 2.45) is 0 Å². The van der Waals surface area contributed by atoms with E-state index in [0.717, 1.165) is 0 Å². The van der Waals surface area contributed by atoms with E-state index in [2.05, 4.69) is 9.47 Å². The fourth-order valence-electron chi connectivity index (χ4n) is 0.729. The molecule has 12 heavy (non-hydrogen) atoms. The highest BCUT2D eigenvalue weighted by Gasteiger charge is 2.09. The lowest BCUT2D eigenvalue weighted by Crippen LogP contribution is -1.94. The van der Waals surface area contributed by atoms with Crippen molar-refractivity contribution in [1.82, 2.24) is 0 Å². The molecule has 0 fully saturated rings. The molecule has 0 aromatic rings. The summed E-state index contributed by atoms with van der Waals surface area (Å²) < 4.78 is 8.95. The number of rotatable bonds is 2. The molecule has 4 nitrogen and oxygen atoms in total. The fourth-order valence-corrected chi connectivity index (χ4v) is 0.729. The molecule has 0 unspecified atom stereocenters. The first-order valence-corrected chi connectivity index (χ1v) is 3.36. The summed E-state index contributed by atoms with van der Waals surface area (Å²) in [6, 6.07) is 0. The predicted octanol–water partition coefficient (Wildman–Crippen LogP) is 0.199. The van der Waals surface area contributed by atoms with Gasteiger partial charge in [-0.3, -0.25) is 0 Å². The van der Waals surface area contributed by atoms with Crippen LogP contribution in [0.25, 0.3) is 0 Å². The summed E-state index contributed by atoms with van der Waals surface area (Å²) >= 11 is 0. The molecule has 64 valence electrons. The number of ether oxygens (including phenoxy) is 2. The molecule has 0 saturated heterocycles. The van der Waals surface area contributed by atoms with Gasteiger partial charge in [-0.05, 0) is 11.6 Å². The number of methoxy groups -OCH3 is 1. The molecule has 0 amide bonds. The number of cyclic esters (lactones) is 1. The molecule has 1 aliphatic rings. The molecule has 0 aliphatic carbocycles. The summed E-state index contributed by atoms with van der Waals surface area (Å²) in [5.41, 5.74) is 0.672. The van der Waals surface area contributed by atoms with E-state index < -0.39 is 5.97 Å². The van der Waals surface area contributed by atoms with E-state index in [-0.39, 0.29) is 12.6 Å². The van der Waals surface area contributed by atoms with Gasteiger partial charge in [0.1, 0.15) is 6.61 Å². The molecule has 0 saturated carbocycles. The Morgan fingerprint density at radius 3 is 3.00 bits per heavy atom. The Balaban J connectivity index is 2.52. The largest absolute Gasteiger partial charge is 0.466 e. The smallest absolute Gasteiger partial charge is 0.331 e. The van der Waals surface area contributed by atoms with Gasteiger partial charge in [0, 0.05) is 12.2 Å². The average Bonchev–Trinajstić information content (AvgIpc) is 2.47. The zero-order valence-electron chi connectivity index (χ0n) is 6.57. The first-order valence-electron chi connectivity index (χ1n) is 3.36. The maximum absolute atomic E-state index is 10.6. The first-order chi connectivity index (χ1) is 5.72. The van der Waals surface area contributed by atoms with Crippen LogP contribution in [0.15, 0.2) is 23.8 Å². The molecule has 0 radical (unpaired) electrons. The van der Waals surface area contributed by atoms with Gasteiger partial charge in [0.25, 0.3) is 0 Å². The Labute approximate surface area is 69.5 Å². The summed E-state index contributed by atoms with van der Waals surface area (Å²) in [7, 11) is 1.29. The van der Waals surface area contributed by atoms with Gasteiger partial charge in [0.2, 0.25) is 0 Å². The highest BCUT2D eigenvalue weighted by Crippen LogP contribution is 2.06. The summed E-state index contributed by atoms with van der Waals surface area (Å²) in [5.74, 6) is -0.824. The van der Waals surface area contributed by atoms with E-state index in [1.165, 1.54) is 25.3 Å². The highest BCUT2D eigenvalue weighted by molar-refractivity contribution is 5.87. The predicted molar refractivity (Wildman–Crippen MR) is 40.2 cm³/mol. The van der Waals surface area contributed by atoms with Crippen LogP contribution in [-0.2, 0) is 19.1 Å². The maximum atomic E-state index is 10.6. The van der Waals surface area contributed by atoms with Crippen LogP contribution in [-0.4, -0.2) is 25.7 Å². The van der Waals surface area contributed by atoms with E-state index in [9.17, 15) is 9.59 Å². The first kappa shape index (κ1) is 8.52. The van der Waals surface area contributed by atoms with Crippen LogP contribution in [0.4, 0.5) is 0 Å². The molecule has 0 spiro atoms. The van der Waals surface area contributed by atoms with Crippen molar-refractivity contribution in [3.8, 4) is 0 Å². The van der Waals surface area contributed by atoms with Crippen LogP contribution in [0, 0.1) is 0 Å². The van der Waals surface area contributed by atoms with Crippen LogP contribution in [0.2, 0.25) is 0 Å². The Bertz CT molecular complexity index is 262. The molecule has 0 bridgehead atoms. The van der Waals surface area contributed by atoms with Gasteiger partial charge in [-0.15, -0.1) is 0 Å². The third-order valence-corrected chi connectivity index (χ3v) is 1.32. The molecular weight excluding hydrogens is 160 g/mol. The molecule has 0 aromatic heterocycles. The molecule has 1 rings (SSSR count). The lowest BCUT2D eigenvalue weighted by molar-refractivity contribution is -0.135. The average molecular weight is 168 g/mol. The topological polar surface area (TPSA) is 52.6 Å². The van der Waals surface area contributed by atoms with Crippen molar-refractivity contribution in [3.63, 3.8) is 0 Å². The molecule has 1 heterocycles.